The van der Waals surface area contributed by atoms with Crippen LogP contribution in [0.2, 0.25) is 0 Å². The number of anilines is 6. The Balaban J connectivity index is 0.891. The quantitative estimate of drug-likeness (QED) is 0.126. The largest absolute Gasteiger partial charge is 0.311 e. The minimum absolute atomic E-state index is 0.155. The average molecular weight is 895 g/mol. The van der Waals surface area contributed by atoms with E-state index >= 15 is 0 Å². The zero-order chi connectivity index (χ0) is 46.2. The Morgan fingerprint density at radius 2 is 0.899 bits per heavy atom. The van der Waals surface area contributed by atoms with Crippen LogP contribution >= 0.6 is 0 Å². The van der Waals surface area contributed by atoms with Crippen molar-refractivity contribution in [2.45, 2.75) is 87.9 Å². The third-order valence-corrected chi connectivity index (χ3v) is 17.5. The highest BCUT2D eigenvalue weighted by Gasteiger charge is 2.51. The molecule has 1 atom stereocenters. The van der Waals surface area contributed by atoms with Gasteiger partial charge in [0.05, 0.1) is 0 Å². The van der Waals surface area contributed by atoms with Gasteiger partial charge < -0.3 is 9.80 Å². The van der Waals surface area contributed by atoms with Crippen molar-refractivity contribution in [3.05, 3.63) is 240 Å². The van der Waals surface area contributed by atoms with Gasteiger partial charge in [0.2, 0.25) is 0 Å². The van der Waals surface area contributed by atoms with Crippen LogP contribution in [0, 0.1) is 17.8 Å². The summed E-state index contributed by atoms with van der Waals surface area (Å²) in [7, 11) is 0. The molecule has 0 aliphatic heterocycles. The number of hydrogen-bond donors (Lipinski definition) is 0. The highest BCUT2D eigenvalue weighted by Crippen LogP contribution is 2.61. The molecular formula is C67H62N2. The van der Waals surface area contributed by atoms with E-state index in [4.69, 9.17) is 0 Å². The molecule has 69 heavy (non-hydrogen) atoms. The van der Waals surface area contributed by atoms with Crippen molar-refractivity contribution < 1.29 is 0 Å². The molecule has 1 unspecified atom stereocenters. The van der Waals surface area contributed by atoms with Gasteiger partial charge in [-0.05, 0) is 204 Å². The highest BCUT2D eigenvalue weighted by molar-refractivity contribution is 5.94. The molecule has 0 radical (unpaired) electrons. The first kappa shape index (κ1) is 42.2. The second-order valence-electron chi connectivity index (χ2n) is 21.9. The monoisotopic (exact) mass is 894 g/mol. The third-order valence-electron chi connectivity index (χ3n) is 17.5. The number of allylic oxidation sites excluding steroid dienone is 2. The lowest BCUT2D eigenvalue weighted by Gasteiger charge is -2.57. The smallest absolute Gasteiger partial charge is 0.0465 e. The van der Waals surface area contributed by atoms with E-state index in [0.29, 0.717) is 5.41 Å². The lowest BCUT2D eigenvalue weighted by atomic mass is 9.48. The summed E-state index contributed by atoms with van der Waals surface area (Å²) in [6.07, 6.45) is 16.8. The Morgan fingerprint density at radius 3 is 1.42 bits per heavy atom. The molecule has 8 aromatic carbocycles. The molecule has 14 rings (SSSR count). The summed E-state index contributed by atoms with van der Waals surface area (Å²) in [5.74, 6) is 2.77. The van der Waals surface area contributed by atoms with E-state index in [9.17, 15) is 0 Å². The summed E-state index contributed by atoms with van der Waals surface area (Å²) in [4.78, 5) is 4.89. The second kappa shape index (κ2) is 16.7. The molecular weight excluding hydrogens is 833 g/mol. The van der Waals surface area contributed by atoms with Crippen molar-refractivity contribution in [2.24, 2.45) is 17.8 Å². The van der Waals surface area contributed by atoms with Gasteiger partial charge >= 0.3 is 0 Å². The van der Waals surface area contributed by atoms with Gasteiger partial charge in [-0.3, -0.25) is 0 Å². The van der Waals surface area contributed by atoms with Crippen LogP contribution in [0.4, 0.5) is 34.1 Å². The zero-order valence-electron chi connectivity index (χ0n) is 40.2. The summed E-state index contributed by atoms with van der Waals surface area (Å²) in [6.45, 7) is 4.83. The first-order valence-corrected chi connectivity index (χ1v) is 25.9. The third kappa shape index (κ3) is 7.12. The van der Waals surface area contributed by atoms with E-state index in [1.54, 1.807) is 5.56 Å². The average Bonchev–Trinajstić information content (AvgIpc) is 3.63. The van der Waals surface area contributed by atoms with Crippen LogP contribution in [-0.4, -0.2) is 0 Å². The molecule has 0 saturated heterocycles. The van der Waals surface area contributed by atoms with E-state index in [2.05, 4.69) is 236 Å². The summed E-state index contributed by atoms with van der Waals surface area (Å²) in [5.41, 5.74) is 19.4. The topological polar surface area (TPSA) is 6.48 Å². The molecule has 8 aromatic rings. The maximum Gasteiger partial charge on any atom is 0.0465 e. The van der Waals surface area contributed by atoms with Crippen molar-refractivity contribution in [3.63, 3.8) is 0 Å². The molecule has 0 spiro atoms. The van der Waals surface area contributed by atoms with Gasteiger partial charge in [-0.25, -0.2) is 0 Å². The number of hydrogen-bond acceptors (Lipinski definition) is 2. The van der Waals surface area contributed by atoms with Crippen LogP contribution in [0.25, 0.3) is 22.3 Å². The lowest BCUT2D eigenvalue weighted by molar-refractivity contribution is -0.00518. The van der Waals surface area contributed by atoms with Crippen molar-refractivity contribution in [2.75, 3.05) is 9.80 Å². The molecule has 6 aliphatic rings. The summed E-state index contributed by atoms with van der Waals surface area (Å²) in [6, 6.07) is 75.6. The van der Waals surface area contributed by atoms with Crippen LogP contribution in [0.1, 0.15) is 99.5 Å². The molecule has 340 valence electrons. The molecule has 4 saturated carbocycles. The zero-order valence-corrected chi connectivity index (χ0v) is 40.2. The Labute approximate surface area is 410 Å². The number of benzene rings is 8. The highest BCUT2D eigenvalue weighted by atomic mass is 15.1. The van der Waals surface area contributed by atoms with Gasteiger partial charge in [-0.1, -0.05) is 153 Å². The molecule has 2 nitrogen and oxygen atoms in total. The van der Waals surface area contributed by atoms with Crippen molar-refractivity contribution in [1.29, 1.82) is 0 Å². The van der Waals surface area contributed by atoms with E-state index in [0.717, 1.165) is 54.1 Å². The van der Waals surface area contributed by atoms with Crippen molar-refractivity contribution >= 4 is 34.1 Å². The maximum absolute atomic E-state index is 2.53. The normalized spacial score (nSPS) is 23.6. The summed E-state index contributed by atoms with van der Waals surface area (Å²) in [5, 5.41) is 0. The lowest BCUT2D eigenvalue weighted by Crippen LogP contribution is -2.48. The second-order valence-corrected chi connectivity index (χ2v) is 21.9. The molecule has 4 fully saturated rings. The van der Waals surface area contributed by atoms with Crippen LogP contribution in [0.5, 0.6) is 0 Å². The Bertz CT molecular complexity index is 3090. The Morgan fingerprint density at radius 1 is 0.420 bits per heavy atom. The minimum Gasteiger partial charge on any atom is -0.311 e. The van der Waals surface area contributed by atoms with Gasteiger partial charge in [0, 0.05) is 45.0 Å². The summed E-state index contributed by atoms with van der Waals surface area (Å²) >= 11 is 0. The number of nitrogens with zero attached hydrogens (tertiary/aromatic N) is 2. The fourth-order valence-electron chi connectivity index (χ4n) is 14.6. The fourth-order valence-corrected chi connectivity index (χ4v) is 14.6. The Kier molecular flexibility index (Phi) is 10.2. The molecule has 0 aromatic heterocycles. The van der Waals surface area contributed by atoms with Crippen LogP contribution in [-0.2, 0) is 16.2 Å². The van der Waals surface area contributed by atoms with Crippen LogP contribution < -0.4 is 9.80 Å². The number of fused-ring (bicyclic) bond motifs is 3. The Hall–Kier alpha value is -6.90. The van der Waals surface area contributed by atoms with Crippen LogP contribution in [0.15, 0.2) is 212 Å². The van der Waals surface area contributed by atoms with Gasteiger partial charge in [0.25, 0.3) is 0 Å². The molecule has 0 N–H and O–H groups in total. The van der Waals surface area contributed by atoms with Gasteiger partial charge in [-0.2, -0.15) is 0 Å². The van der Waals surface area contributed by atoms with Crippen LogP contribution in [0.3, 0.4) is 0 Å². The first-order valence-electron chi connectivity index (χ1n) is 25.9. The molecule has 2 heteroatoms. The van der Waals surface area contributed by atoms with Gasteiger partial charge in [0.15, 0.2) is 0 Å². The van der Waals surface area contributed by atoms with Crippen molar-refractivity contribution in [1.82, 2.24) is 0 Å². The number of rotatable bonds is 10. The minimum atomic E-state index is -0.218. The predicted octanol–water partition coefficient (Wildman–Crippen LogP) is 18.1. The van der Waals surface area contributed by atoms with E-state index in [1.807, 2.05) is 0 Å². The molecule has 4 bridgehead atoms. The van der Waals surface area contributed by atoms with Gasteiger partial charge in [-0.15, -0.1) is 0 Å². The molecule has 6 aliphatic carbocycles. The standard InChI is InChI=1S/C67H62N2/c1-65(2)62-23-15-22-60(50-16-7-3-8-17-50)64(62)61-37-36-59(43-63(61)65)69(57-30-24-51(25-31-57)66-44-47-40-48(45-66)42-49(41-47)46-66)58-34-28-53(29-35-58)67(38-13-6-14-39-67)52-26-32-56(33-27-52)68(54-18-9-4-10-19-54)55-20-11-5-12-21-55/h3-5,7-13,15-38,43,47-49H,6,14,39-42,44-46H2,1-2H3. The van der Waals surface area contributed by atoms with Crippen molar-refractivity contribution in [3.8, 4) is 22.3 Å². The maximum atomic E-state index is 2.53. The molecule has 0 heterocycles. The van der Waals surface area contributed by atoms with E-state index in [1.165, 1.54) is 100 Å². The molecule has 0 amide bonds. The van der Waals surface area contributed by atoms with E-state index < -0.39 is 0 Å². The predicted molar refractivity (Wildman–Crippen MR) is 289 cm³/mol. The number of para-hydroxylation sites is 2. The fraction of sp³-hybridized carbons (Fsp3) is 0.254. The first-order chi connectivity index (χ1) is 33.9. The SMILES string of the molecule is CC1(C)c2cc(N(c3ccc(C45CC6CC(CC(C6)C4)C5)cc3)c3ccc(C4(c5ccc(N(c6ccccc6)c6ccccc6)cc5)C=CCCC4)cc3)ccc2-c2c(-c3ccccc3)cccc21. The summed E-state index contributed by atoms with van der Waals surface area (Å²) < 4.78 is 0. The van der Waals surface area contributed by atoms with Gasteiger partial charge in [0.1, 0.15) is 0 Å². The van der Waals surface area contributed by atoms with E-state index in [-0.39, 0.29) is 10.8 Å².